The number of rotatable bonds is 2. The molecule has 2 saturated heterocycles. The maximum atomic E-state index is 12.8. The number of likely N-dealkylation sites (tertiary alicyclic amines) is 1. The Balaban J connectivity index is 1.54. The average molecular weight is 380 g/mol. The van der Waals surface area contributed by atoms with Crippen LogP contribution in [0.4, 0.5) is 0 Å². The molecule has 1 N–H and O–H groups in total. The van der Waals surface area contributed by atoms with E-state index in [0.29, 0.717) is 58.8 Å². The third kappa shape index (κ3) is 3.15. The van der Waals surface area contributed by atoms with E-state index >= 15 is 0 Å². The lowest BCUT2D eigenvalue weighted by Crippen LogP contribution is -2.48. The largest absolute Gasteiger partial charge is 0.387 e. The van der Waals surface area contributed by atoms with Crippen molar-refractivity contribution in [2.24, 2.45) is 0 Å². The van der Waals surface area contributed by atoms with Crippen LogP contribution in [-0.4, -0.2) is 79.3 Å². The number of hydrogen-bond donors (Lipinski definition) is 1. The summed E-state index contributed by atoms with van der Waals surface area (Å²) >= 11 is 1.55. The summed E-state index contributed by atoms with van der Waals surface area (Å²) in [5, 5.41) is 9.06. The van der Waals surface area contributed by atoms with Gasteiger partial charge in [-0.05, 0) is 30.9 Å². The number of fused-ring (bicyclic) bond motifs is 2. The molecule has 0 aliphatic carbocycles. The van der Waals surface area contributed by atoms with Gasteiger partial charge in [-0.3, -0.25) is 9.59 Å². The van der Waals surface area contributed by atoms with Gasteiger partial charge in [0.25, 0.3) is 5.91 Å². The van der Waals surface area contributed by atoms with Crippen molar-refractivity contribution in [3.63, 3.8) is 0 Å². The first kappa shape index (κ1) is 17.9. The zero-order valence-electron chi connectivity index (χ0n) is 14.7. The van der Waals surface area contributed by atoms with Crippen molar-refractivity contribution in [2.45, 2.75) is 24.9 Å². The highest BCUT2D eigenvalue weighted by Crippen LogP contribution is 2.45. The molecular formula is C18H24N2O5S. The number of thiophene rings is 1. The Kier molecular flexibility index (Phi) is 5.00. The monoisotopic (exact) mass is 380 g/mol. The Labute approximate surface area is 156 Å². The molecule has 1 aromatic heterocycles. The predicted octanol–water partition coefficient (Wildman–Crippen LogP) is 0.603. The highest BCUT2D eigenvalue weighted by Gasteiger charge is 2.43. The number of carbonyl (C=O) groups excluding carboxylic acids is 2. The molecule has 2 amide bonds. The maximum Gasteiger partial charge on any atom is 0.264 e. The predicted molar refractivity (Wildman–Crippen MR) is 95.3 cm³/mol. The standard InChI is InChI=1S/C18H24N2O5S/c21-12-15(22)19-4-2-18(3-5-19)16-13(1-8-25-18)11-14(26-16)17(23)20-6-9-24-10-7-20/h11,21H,1-10,12H2. The van der Waals surface area contributed by atoms with Crippen LogP contribution in [-0.2, 0) is 26.3 Å². The molecule has 0 unspecified atom stereocenters. The highest BCUT2D eigenvalue weighted by atomic mass is 32.1. The van der Waals surface area contributed by atoms with Crippen LogP contribution < -0.4 is 0 Å². The first-order valence-electron chi connectivity index (χ1n) is 9.16. The third-order valence-electron chi connectivity index (χ3n) is 5.54. The lowest BCUT2D eigenvalue weighted by molar-refractivity contribution is -0.143. The Morgan fingerprint density at radius 2 is 1.85 bits per heavy atom. The normalized spacial score (nSPS) is 22.3. The van der Waals surface area contributed by atoms with E-state index in [2.05, 4.69) is 0 Å². The minimum absolute atomic E-state index is 0.0794. The van der Waals surface area contributed by atoms with Crippen LogP contribution in [0, 0.1) is 0 Å². The van der Waals surface area contributed by atoms with Crippen LogP contribution in [0.3, 0.4) is 0 Å². The summed E-state index contributed by atoms with van der Waals surface area (Å²) < 4.78 is 11.5. The van der Waals surface area contributed by atoms with E-state index in [-0.39, 0.29) is 11.8 Å². The summed E-state index contributed by atoms with van der Waals surface area (Å²) in [6.45, 7) is 3.81. The van der Waals surface area contributed by atoms with Crippen molar-refractivity contribution >= 4 is 23.2 Å². The number of nitrogens with zero attached hydrogens (tertiary/aromatic N) is 2. The number of carbonyl (C=O) groups is 2. The number of aliphatic hydroxyl groups excluding tert-OH is 1. The Hall–Kier alpha value is -1.48. The average Bonchev–Trinajstić information content (AvgIpc) is 3.14. The van der Waals surface area contributed by atoms with E-state index in [1.54, 1.807) is 16.2 Å². The van der Waals surface area contributed by atoms with Gasteiger partial charge in [0.15, 0.2) is 0 Å². The van der Waals surface area contributed by atoms with Gasteiger partial charge in [0.05, 0.1) is 24.7 Å². The Bertz CT molecular complexity index is 690. The molecule has 0 radical (unpaired) electrons. The second-order valence-corrected chi connectivity index (χ2v) is 8.05. The van der Waals surface area contributed by atoms with E-state index in [9.17, 15) is 9.59 Å². The smallest absolute Gasteiger partial charge is 0.264 e. The number of ether oxygens (including phenoxy) is 2. The fourth-order valence-corrected chi connectivity index (χ4v) is 5.42. The van der Waals surface area contributed by atoms with Gasteiger partial charge in [0, 0.05) is 31.1 Å². The summed E-state index contributed by atoms with van der Waals surface area (Å²) in [4.78, 5) is 30.0. The van der Waals surface area contributed by atoms with Crippen molar-refractivity contribution in [1.29, 1.82) is 0 Å². The lowest BCUT2D eigenvalue weighted by atomic mass is 9.85. The zero-order valence-corrected chi connectivity index (χ0v) is 15.6. The molecule has 1 spiro atoms. The van der Waals surface area contributed by atoms with Crippen LogP contribution in [0.25, 0.3) is 0 Å². The van der Waals surface area contributed by atoms with Gasteiger partial charge in [0.2, 0.25) is 5.91 Å². The fraction of sp³-hybridized carbons (Fsp3) is 0.667. The zero-order chi connectivity index (χ0) is 18.1. The molecular weight excluding hydrogens is 356 g/mol. The first-order chi connectivity index (χ1) is 12.6. The summed E-state index contributed by atoms with van der Waals surface area (Å²) in [7, 11) is 0. The van der Waals surface area contributed by atoms with Gasteiger partial charge >= 0.3 is 0 Å². The topological polar surface area (TPSA) is 79.3 Å². The lowest BCUT2D eigenvalue weighted by Gasteiger charge is -2.43. The van der Waals surface area contributed by atoms with Gasteiger partial charge in [-0.2, -0.15) is 0 Å². The Morgan fingerprint density at radius 1 is 1.12 bits per heavy atom. The van der Waals surface area contributed by atoms with Crippen molar-refractivity contribution in [1.82, 2.24) is 9.80 Å². The maximum absolute atomic E-state index is 12.8. The van der Waals surface area contributed by atoms with E-state index in [1.807, 2.05) is 11.0 Å². The number of aliphatic hydroxyl groups is 1. The van der Waals surface area contributed by atoms with Crippen LogP contribution >= 0.6 is 11.3 Å². The Morgan fingerprint density at radius 3 is 2.54 bits per heavy atom. The van der Waals surface area contributed by atoms with Crippen molar-refractivity contribution in [2.75, 3.05) is 52.6 Å². The van der Waals surface area contributed by atoms with Gasteiger partial charge in [-0.25, -0.2) is 0 Å². The molecule has 0 atom stereocenters. The first-order valence-corrected chi connectivity index (χ1v) is 9.97. The highest BCUT2D eigenvalue weighted by molar-refractivity contribution is 7.14. The molecule has 0 saturated carbocycles. The number of hydrogen-bond acceptors (Lipinski definition) is 6. The molecule has 26 heavy (non-hydrogen) atoms. The molecule has 3 aliphatic rings. The molecule has 1 aromatic rings. The summed E-state index contributed by atoms with van der Waals surface area (Å²) in [6, 6.07) is 2.04. The molecule has 3 aliphatic heterocycles. The van der Waals surface area contributed by atoms with Gasteiger partial charge in [0.1, 0.15) is 12.2 Å². The van der Waals surface area contributed by atoms with Gasteiger partial charge in [-0.1, -0.05) is 0 Å². The third-order valence-corrected chi connectivity index (χ3v) is 6.89. The molecule has 0 bridgehead atoms. The van der Waals surface area contributed by atoms with Gasteiger partial charge < -0.3 is 24.4 Å². The van der Waals surface area contributed by atoms with Gasteiger partial charge in [-0.15, -0.1) is 11.3 Å². The molecule has 0 aromatic carbocycles. The van der Waals surface area contributed by atoms with Crippen LogP contribution in [0.15, 0.2) is 6.07 Å². The molecule has 8 heteroatoms. The van der Waals surface area contributed by atoms with E-state index in [0.717, 1.165) is 16.2 Å². The minimum atomic E-state index is -0.448. The second kappa shape index (κ2) is 7.26. The van der Waals surface area contributed by atoms with E-state index < -0.39 is 12.2 Å². The second-order valence-electron chi connectivity index (χ2n) is 7.00. The van der Waals surface area contributed by atoms with Crippen LogP contribution in [0.1, 0.15) is 33.0 Å². The number of piperidine rings is 1. The van der Waals surface area contributed by atoms with Crippen LogP contribution in [0.5, 0.6) is 0 Å². The van der Waals surface area contributed by atoms with Crippen molar-refractivity contribution < 1.29 is 24.2 Å². The minimum Gasteiger partial charge on any atom is -0.387 e. The van der Waals surface area contributed by atoms with Crippen molar-refractivity contribution in [3.8, 4) is 0 Å². The molecule has 4 heterocycles. The van der Waals surface area contributed by atoms with Crippen molar-refractivity contribution in [3.05, 3.63) is 21.4 Å². The number of amides is 2. The molecule has 2 fully saturated rings. The molecule has 142 valence electrons. The van der Waals surface area contributed by atoms with E-state index in [4.69, 9.17) is 14.6 Å². The summed E-state index contributed by atoms with van der Waals surface area (Å²) in [5.74, 6) is -0.152. The van der Waals surface area contributed by atoms with E-state index in [1.165, 1.54) is 5.56 Å². The quantitative estimate of drug-likeness (QED) is 0.813. The number of morpholine rings is 1. The summed E-state index contributed by atoms with van der Waals surface area (Å²) in [6.07, 6.45) is 2.23. The molecule has 7 nitrogen and oxygen atoms in total. The molecule has 4 rings (SSSR count). The fourth-order valence-electron chi connectivity index (χ4n) is 4.04. The summed E-state index contributed by atoms with van der Waals surface area (Å²) in [5.41, 5.74) is 0.813. The SMILES string of the molecule is O=C(CO)N1CCC2(CC1)OCCc1cc(C(=O)N3CCOCC3)sc12. The van der Waals surface area contributed by atoms with Crippen LogP contribution in [0.2, 0.25) is 0 Å².